The Balaban J connectivity index is 2.28. The lowest BCUT2D eigenvalue weighted by molar-refractivity contribution is -0.115. The number of benzene rings is 1. The first kappa shape index (κ1) is 11.7. The highest BCUT2D eigenvalue weighted by molar-refractivity contribution is 5.92. The van der Waals surface area contributed by atoms with Gasteiger partial charge in [-0.15, -0.1) is 5.10 Å². The molecule has 0 unspecified atom stereocenters. The third kappa shape index (κ3) is 2.46. The number of hydrogen-bond donors (Lipinski definition) is 1. The lowest BCUT2D eigenvalue weighted by atomic mass is 10.2. The van der Waals surface area contributed by atoms with Gasteiger partial charge in [0.25, 0.3) is 0 Å². The number of nitrogens with zero attached hydrogens (tertiary/aromatic N) is 5. The number of aromatic nitrogens is 4. The summed E-state index contributed by atoms with van der Waals surface area (Å²) >= 11 is 0. The van der Waals surface area contributed by atoms with E-state index in [1.165, 1.54) is 24.5 Å². The maximum Gasteiger partial charge on any atom is 0.238 e. The monoisotopic (exact) mass is 246 g/mol. The van der Waals surface area contributed by atoms with Crippen LogP contribution in [0.25, 0.3) is 5.69 Å². The van der Waals surface area contributed by atoms with Crippen molar-refractivity contribution in [3.63, 3.8) is 0 Å². The summed E-state index contributed by atoms with van der Waals surface area (Å²) in [6, 6.07) is 5.66. The molecular weight excluding hydrogens is 239 g/mol. The summed E-state index contributed by atoms with van der Waals surface area (Å²) in [4.78, 5) is 11.2. The summed E-state index contributed by atoms with van der Waals surface area (Å²) < 4.78 is 14.7. The zero-order valence-electron chi connectivity index (χ0n) is 9.04. The molecule has 0 saturated carbocycles. The van der Waals surface area contributed by atoms with Crippen molar-refractivity contribution in [1.82, 2.24) is 20.2 Å². The molecule has 0 saturated heterocycles. The summed E-state index contributed by atoms with van der Waals surface area (Å²) in [6.07, 6.45) is 0.969. The number of anilines is 1. The molecule has 0 fully saturated rings. The van der Waals surface area contributed by atoms with Gasteiger partial charge in [-0.25, -0.2) is 4.39 Å². The molecule has 0 bridgehead atoms. The van der Waals surface area contributed by atoms with Crippen LogP contribution in [-0.4, -0.2) is 26.1 Å². The number of tetrazole rings is 1. The average Bonchev–Trinajstić information content (AvgIpc) is 2.85. The number of hydrogen-bond acceptors (Lipinski definition) is 5. The van der Waals surface area contributed by atoms with Gasteiger partial charge in [0.2, 0.25) is 5.91 Å². The predicted octanol–water partition coefficient (Wildman–Crippen LogP) is 0.654. The molecule has 1 aromatic carbocycles. The molecule has 0 radical (unpaired) electrons. The number of rotatable bonds is 3. The molecule has 1 heterocycles. The topological polar surface area (TPSA) is 96.5 Å². The SMILES string of the molecule is N#CCC(=O)Nc1ccc(F)c(-n2cnnn2)c1. The summed E-state index contributed by atoms with van der Waals surface area (Å²) in [5.74, 6) is -0.993. The maximum atomic E-state index is 13.5. The Labute approximate surface area is 101 Å². The van der Waals surface area contributed by atoms with Gasteiger partial charge in [-0.2, -0.15) is 9.94 Å². The van der Waals surface area contributed by atoms with E-state index in [9.17, 15) is 9.18 Å². The molecule has 18 heavy (non-hydrogen) atoms. The first-order chi connectivity index (χ1) is 8.70. The summed E-state index contributed by atoms with van der Waals surface area (Å²) in [7, 11) is 0. The van der Waals surface area contributed by atoms with Crippen molar-refractivity contribution in [2.24, 2.45) is 0 Å². The van der Waals surface area contributed by atoms with Gasteiger partial charge in [-0.05, 0) is 28.6 Å². The minimum absolute atomic E-state index is 0.106. The molecule has 2 aromatic rings. The molecule has 0 spiro atoms. The van der Waals surface area contributed by atoms with Crippen molar-refractivity contribution >= 4 is 11.6 Å². The van der Waals surface area contributed by atoms with Crippen LogP contribution in [-0.2, 0) is 4.79 Å². The van der Waals surface area contributed by atoms with Gasteiger partial charge < -0.3 is 5.32 Å². The van der Waals surface area contributed by atoms with E-state index in [2.05, 4.69) is 20.8 Å². The Morgan fingerprint density at radius 3 is 3.06 bits per heavy atom. The van der Waals surface area contributed by atoms with Gasteiger partial charge >= 0.3 is 0 Å². The van der Waals surface area contributed by atoms with Crippen LogP contribution in [0.2, 0.25) is 0 Å². The Bertz CT molecular complexity index is 603. The maximum absolute atomic E-state index is 13.5. The van der Waals surface area contributed by atoms with Crippen molar-refractivity contribution in [1.29, 1.82) is 5.26 Å². The van der Waals surface area contributed by atoms with Crippen molar-refractivity contribution < 1.29 is 9.18 Å². The van der Waals surface area contributed by atoms with Gasteiger partial charge in [0.15, 0.2) is 0 Å². The van der Waals surface area contributed by atoms with Crippen molar-refractivity contribution in [3.05, 3.63) is 30.3 Å². The highest BCUT2D eigenvalue weighted by Crippen LogP contribution is 2.17. The molecule has 90 valence electrons. The standard InChI is InChI=1S/C10H7FN6O/c11-8-2-1-7(14-10(18)3-4-12)5-9(8)17-6-13-15-16-17/h1-2,5-6H,3H2,(H,14,18). The summed E-state index contributed by atoms with van der Waals surface area (Å²) in [6.45, 7) is 0. The van der Waals surface area contributed by atoms with Crippen molar-refractivity contribution in [3.8, 4) is 11.8 Å². The minimum Gasteiger partial charge on any atom is -0.325 e. The van der Waals surface area contributed by atoms with E-state index in [1.54, 1.807) is 6.07 Å². The Kier molecular flexibility index (Phi) is 3.24. The Morgan fingerprint density at radius 1 is 1.56 bits per heavy atom. The third-order valence-electron chi connectivity index (χ3n) is 2.07. The fourth-order valence-corrected chi connectivity index (χ4v) is 1.31. The quantitative estimate of drug-likeness (QED) is 0.857. The summed E-state index contributed by atoms with van der Waals surface area (Å²) in [5.41, 5.74) is 0.469. The van der Waals surface area contributed by atoms with E-state index in [4.69, 9.17) is 5.26 Å². The molecule has 0 atom stereocenters. The van der Waals surface area contributed by atoms with E-state index in [0.717, 1.165) is 4.68 Å². The lowest BCUT2D eigenvalue weighted by Gasteiger charge is -2.06. The van der Waals surface area contributed by atoms with Gasteiger partial charge in [0.1, 0.15) is 24.3 Å². The number of carbonyl (C=O) groups is 1. The lowest BCUT2D eigenvalue weighted by Crippen LogP contribution is -2.11. The van der Waals surface area contributed by atoms with E-state index in [-0.39, 0.29) is 12.1 Å². The van der Waals surface area contributed by atoms with Crippen molar-refractivity contribution in [2.45, 2.75) is 6.42 Å². The van der Waals surface area contributed by atoms with Crippen LogP contribution in [0, 0.1) is 17.1 Å². The number of carbonyl (C=O) groups excluding carboxylic acids is 1. The first-order valence-electron chi connectivity index (χ1n) is 4.90. The predicted molar refractivity (Wildman–Crippen MR) is 58.0 cm³/mol. The molecule has 0 aliphatic rings. The van der Waals surface area contributed by atoms with E-state index >= 15 is 0 Å². The molecule has 0 aliphatic carbocycles. The van der Waals surface area contributed by atoms with Crippen LogP contribution in [0.1, 0.15) is 6.42 Å². The fraction of sp³-hybridized carbons (Fsp3) is 0.100. The zero-order valence-corrected chi connectivity index (χ0v) is 9.04. The largest absolute Gasteiger partial charge is 0.325 e. The van der Waals surface area contributed by atoms with E-state index < -0.39 is 11.7 Å². The Morgan fingerprint density at radius 2 is 2.39 bits per heavy atom. The van der Waals surface area contributed by atoms with Crippen LogP contribution in [0.15, 0.2) is 24.5 Å². The fourth-order valence-electron chi connectivity index (χ4n) is 1.31. The van der Waals surface area contributed by atoms with E-state index in [1.807, 2.05) is 0 Å². The number of halogens is 1. The van der Waals surface area contributed by atoms with Gasteiger partial charge in [0.05, 0.1) is 6.07 Å². The van der Waals surface area contributed by atoms with Crippen LogP contribution < -0.4 is 5.32 Å². The smallest absolute Gasteiger partial charge is 0.238 e. The van der Waals surface area contributed by atoms with Gasteiger partial charge in [0, 0.05) is 5.69 Å². The molecule has 1 aromatic heterocycles. The molecule has 8 heteroatoms. The number of nitrogens with one attached hydrogen (secondary N) is 1. The van der Waals surface area contributed by atoms with Crippen LogP contribution in [0.4, 0.5) is 10.1 Å². The second-order valence-corrected chi connectivity index (χ2v) is 3.30. The normalized spacial score (nSPS) is 9.78. The van der Waals surface area contributed by atoms with E-state index in [0.29, 0.717) is 5.69 Å². The molecule has 2 rings (SSSR count). The van der Waals surface area contributed by atoms with Gasteiger partial charge in [-0.1, -0.05) is 0 Å². The Hall–Kier alpha value is -2.82. The zero-order chi connectivity index (χ0) is 13.0. The molecule has 1 N–H and O–H groups in total. The van der Waals surface area contributed by atoms with Crippen LogP contribution in [0.3, 0.4) is 0 Å². The van der Waals surface area contributed by atoms with Crippen LogP contribution >= 0.6 is 0 Å². The molecule has 7 nitrogen and oxygen atoms in total. The number of amides is 1. The second-order valence-electron chi connectivity index (χ2n) is 3.30. The summed E-state index contributed by atoms with van der Waals surface area (Å²) in [5, 5.41) is 21.2. The third-order valence-corrected chi connectivity index (χ3v) is 2.07. The van der Waals surface area contributed by atoms with Gasteiger partial charge in [-0.3, -0.25) is 4.79 Å². The molecule has 0 aliphatic heterocycles. The highest BCUT2D eigenvalue weighted by atomic mass is 19.1. The first-order valence-corrected chi connectivity index (χ1v) is 4.90. The van der Waals surface area contributed by atoms with Crippen molar-refractivity contribution in [2.75, 3.05) is 5.32 Å². The minimum atomic E-state index is -0.527. The average molecular weight is 246 g/mol. The molecule has 1 amide bonds. The van der Waals surface area contributed by atoms with Crippen LogP contribution in [0.5, 0.6) is 0 Å². The molecular formula is C10H7FN6O. The number of nitriles is 1. The second kappa shape index (κ2) is 5.01. The highest BCUT2D eigenvalue weighted by Gasteiger charge is 2.08.